The lowest BCUT2D eigenvalue weighted by atomic mass is 10.1. The zero-order valence-corrected chi connectivity index (χ0v) is 15.0. The number of amides is 1. The molecule has 0 aliphatic carbocycles. The predicted molar refractivity (Wildman–Crippen MR) is 96.6 cm³/mol. The maximum Gasteiger partial charge on any atom is 0.270 e. The molecule has 0 saturated carbocycles. The molecule has 2 fully saturated rings. The number of hydrogen-bond donors (Lipinski definition) is 2. The van der Waals surface area contributed by atoms with Crippen LogP contribution in [0.2, 0.25) is 0 Å². The number of piperazine rings is 1. The molecule has 8 nitrogen and oxygen atoms in total. The number of rotatable bonds is 3. The second-order valence-electron chi connectivity index (χ2n) is 6.82. The molecule has 9 heteroatoms. The summed E-state index contributed by atoms with van der Waals surface area (Å²) in [5, 5.41) is 3.18. The van der Waals surface area contributed by atoms with Gasteiger partial charge < -0.3 is 15.2 Å². The van der Waals surface area contributed by atoms with E-state index >= 15 is 0 Å². The van der Waals surface area contributed by atoms with Crippen molar-refractivity contribution in [3.8, 4) is 0 Å². The van der Waals surface area contributed by atoms with E-state index in [9.17, 15) is 18.0 Å². The van der Waals surface area contributed by atoms with Gasteiger partial charge in [-0.25, -0.2) is 13.4 Å². The SMILES string of the molecule is O=C(CCc1nc2ccccc2[nH]c1=O)N1CCN[C@H]2CS(=O)(=O)C[C@H]21. The van der Waals surface area contributed by atoms with Crippen LogP contribution in [0.3, 0.4) is 0 Å². The molecule has 2 N–H and O–H groups in total. The van der Waals surface area contributed by atoms with Crippen LogP contribution in [-0.2, 0) is 21.1 Å². The molecule has 2 aromatic rings. The normalized spacial score (nSPS) is 24.5. The third kappa shape index (κ3) is 3.24. The number of nitrogens with zero attached hydrogens (tertiary/aromatic N) is 2. The van der Waals surface area contributed by atoms with Gasteiger partial charge in [-0.05, 0) is 12.1 Å². The fraction of sp³-hybridized carbons (Fsp3) is 0.471. The molecule has 2 aliphatic heterocycles. The number of aromatic amines is 1. The number of nitrogens with one attached hydrogen (secondary N) is 2. The van der Waals surface area contributed by atoms with E-state index < -0.39 is 9.84 Å². The van der Waals surface area contributed by atoms with E-state index in [0.29, 0.717) is 29.8 Å². The first-order chi connectivity index (χ1) is 12.4. The van der Waals surface area contributed by atoms with Gasteiger partial charge >= 0.3 is 0 Å². The van der Waals surface area contributed by atoms with Gasteiger partial charge in [0.2, 0.25) is 5.91 Å². The van der Waals surface area contributed by atoms with Crippen molar-refractivity contribution in [1.82, 2.24) is 20.2 Å². The number of aromatic nitrogens is 2. The molecule has 1 aromatic heterocycles. The molecule has 1 amide bonds. The number of para-hydroxylation sites is 2. The number of benzene rings is 1. The highest BCUT2D eigenvalue weighted by Crippen LogP contribution is 2.22. The lowest BCUT2D eigenvalue weighted by Crippen LogP contribution is -2.59. The van der Waals surface area contributed by atoms with Crippen molar-refractivity contribution < 1.29 is 13.2 Å². The van der Waals surface area contributed by atoms with Crippen LogP contribution in [0, 0.1) is 0 Å². The van der Waals surface area contributed by atoms with Crippen LogP contribution in [0.4, 0.5) is 0 Å². The molecule has 26 heavy (non-hydrogen) atoms. The Morgan fingerprint density at radius 1 is 1.27 bits per heavy atom. The van der Waals surface area contributed by atoms with E-state index in [2.05, 4.69) is 15.3 Å². The third-order valence-corrected chi connectivity index (χ3v) is 6.76. The van der Waals surface area contributed by atoms with Crippen LogP contribution in [0.25, 0.3) is 11.0 Å². The van der Waals surface area contributed by atoms with Gasteiger partial charge in [0.05, 0.1) is 28.6 Å². The second-order valence-corrected chi connectivity index (χ2v) is 8.98. The van der Waals surface area contributed by atoms with Crippen LogP contribution in [-0.4, -0.2) is 65.9 Å². The Kier molecular flexibility index (Phi) is 4.28. The van der Waals surface area contributed by atoms with Crippen LogP contribution in [0.15, 0.2) is 29.1 Å². The Hall–Kier alpha value is -2.26. The maximum atomic E-state index is 12.7. The zero-order chi connectivity index (χ0) is 18.3. The van der Waals surface area contributed by atoms with Gasteiger partial charge in [0.15, 0.2) is 9.84 Å². The van der Waals surface area contributed by atoms with Crippen molar-refractivity contribution in [2.24, 2.45) is 0 Å². The highest BCUT2D eigenvalue weighted by atomic mass is 32.2. The highest BCUT2D eigenvalue weighted by molar-refractivity contribution is 7.91. The Morgan fingerprint density at radius 3 is 2.92 bits per heavy atom. The van der Waals surface area contributed by atoms with E-state index in [1.165, 1.54) is 0 Å². The molecule has 0 bridgehead atoms. The molecule has 0 spiro atoms. The minimum atomic E-state index is -3.12. The smallest absolute Gasteiger partial charge is 0.270 e. The summed E-state index contributed by atoms with van der Waals surface area (Å²) in [7, 11) is -3.12. The number of hydrogen-bond acceptors (Lipinski definition) is 6. The fourth-order valence-electron chi connectivity index (χ4n) is 3.78. The summed E-state index contributed by atoms with van der Waals surface area (Å²) in [6.07, 6.45) is 0.366. The average molecular weight is 376 g/mol. The number of sulfone groups is 1. The molecular formula is C17H20N4O4S. The summed E-state index contributed by atoms with van der Waals surface area (Å²) in [4.78, 5) is 33.6. The minimum Gasteiger partial charge on any atom is -0.336 e. The molecule has 138 valence electrons. The quantitative estimate of drug-likeness (QED) is 0.744. The molecule has 0 unspecified atom stereocenters. The van der Waals surface area contributed by atoms with Gasteiger partial charge in [-0.15, -0.1) is 0 Å². The fourth-order valence-corrected chi connectivity index (χ4v) is 5.74. The lowest BCUT2D eigenvalue weighted by molar-refractivity contribution is -0.134. The summed E-state index contributed by atoms with van der Waals surface area (Å²) in [6.45, 7) is 1.06. The Morgan fingerprint density at radius 2 is 2.08 bits per heavy atom. The molecule has 0 radical (unpaired) electrons. The number of H-pyrrole nitrogens is 1. The first-order valence-electron chi connectivity index (χ1n) is 8.64. The molecular weight excluding hydrogens is 356 g/mol. The van der Waals surface area contributed by atoms with Gasteiger partial charge in [0.25, 0.3) is 5.56 Å². The molecule has 1 aromatic carbocycles. The van der Waals surface area contributed by atoms with Crippen LogP contribution >= 0.6 is 0 Å². The number of carbonyl (C=O) groups excluding carboxylic acids is 1. The van der Waals surface area contributed by atoms with E-state index in [1.54, 1.807) is 17.0 Å². The van der Waals surface area contributed by atoms with E-state index in [1.807, 2.05) is 12.1 Å². The van der Waals surface area contributed by atoms with Crippen molar-refractivity contribution >= 4 is 26.8 Å². The van der Waals surface area contributed by atoms with Crippen molar-refractivity contribution in [3.05, 3.63) is 40.3 Å². The largest absolute Gasteiger partial charge is 0.336 e. The van der Waals surface area contributed by atoms with Gasteiger partial charge in [0.1, 0.15) is 5.69 Å². The van der Waals surface area contributed by atoms with Crippen molar-refractivity contribution in [2.75, 3.05) is 24.6 Å². The number of carbonyl (C=O) groups is 1. The van der Waals surface area contributed by atoms with Gasteiger partial charge in [-0.1, -0.05) is 12.1 Å². The van der Waals surface area contributed by atoms with Crippen LogP contribution in [0.5, 0.6) is 0 Å². The number of fused-ring (bicyclic) bond motifs is 2. The Bertz CT molecular complexity index is 1020. The summed E-state index contributed by atoms with van der Waals surface area (Å²) in [6, 6.07) is 6.73. The monoisotopic (exact) mass is 376 g/mol. The zero-order valence-electron chi connectivity index (χ0n) is 14.1. The minimum absolute atomic E-state index is 0.00517. The second kappa shape index (κ2) is 6.48. The highest BCUT2D eigenvalue weighted by Gasteiger charge is 2.44. The van der Waals surface area contributed by atoms with E-state index in [4.69, 9.17) is 0 Å². The molecule has 3 heterocycles. The van der Waals surface area contributed by atoms with Gasteiger partial charge in [0, 0.05) is 32.0 Å². The Labute approximate surface area is 150 Å². The average Bonchev–Trinajstić information content (AvgIpc) is 2.93. The molecule has 2 atom stereocenters. The topological polar surface area (TPSA) is 112 Å². The van der Waals surface area contributed by atoms with E-state index in [-0.39, 0.29) is 47.9 Å². The van der Waals surface area contributed by atoms with Gasteiger partial charge in [-0.3, -0.25) is 9.59 Å². The van der Waals surface area contributed by atoms with Crippen LogP contribution < -0.4 is 10.9 Å². The summed E-state index contributed by atoms with van der Waals surface area (Å²) in [5.41, 5.74) is 1.37. The molecule has 2 aliphatic rings. The summed E-state index contributed by atoms with van der Waals surface area (Å²) < 4.78 is 23.8. The summed E-state index contributed by atoms with van der Waals surface area (Å²) in [5.74, 6) is -0.0496. The molecule has 4 rings (SSSR count). The lowest BCUT2D eigenvalue weighted by Gasteiger charge is -2.37. The van der Waals surface area contributed by atoms with Crippen molar-refractivity contribution in [2.45, 2.75) is 24.9 Å². The predicted octanol–water partition coefficient (Wildman–Crippen LogP) is -0.547. The maximum absolute atomic E-state index is 12.7. The Balaban J connectivity index is 1.49. The third-order valence-electron chi connectivity index (χ3n) is 5.05. The summed E-state index contributed by atoms with van der Waals surface area (Å²) >= 11 is 0. The van der Waals surface area contributed by atoms with Crippen molar-refractivity contribution in [3.63, 3.8) is 0 Å². The van der Waals surface area contributed by atoms with Crippen LogP contribution in [0.1, 0.15) is 12.1 Å². The molecule has 2 saturated heterocycles. The van der Waals surface area contributed by atoms with E-state index in [0.717, 1.165) is 0 Å². The first kappa shape index (κ1) is 17.2. The van der Waals surface area contributed by atoms with Crippen molar-refractivity contribution in [1.29, 1.82) is 0 Å². The van der Waals surface area contributed by atoms with Gasteiger partial charge in [-0.2, -0.15) is 0 Å². The standard InChI is InChI=1S/C17H20N4O4S/c22-16(21-8-7-18-14-9-26(24,25)10-15(14)21)6-5-13-17(23)20-12-4-2-1-3-11(12)19-13/h1-4,14-15,18H,5-10H2,(H,20,23)/t14-,15+/m0/s1. The first-order valence-corrected chi connectivity index (χ1v) is 10.5. The number of aryl methyl sites for hydroxylation is 1.